The second-order valence-electron chi connectivity index (χ2n) is 2.92. The summed E-state index contributed by atoms with van der Waals surface area (Å²) < 4.78 is 61.1. The topological polar surface area (TPSA) is 43.4 Å². The lowest BCUT2D eigenvalue weighted by Crippen LogP contribution is -2.28. The van der Waals surface area contributed by atoms with E-state index in [2.05, 4.69) is 4.18 Å². The van der Waals surface area contributed by atoms with Gasteiger partial charge in [0, 0.05) is 0 Å². The van der Waals surface area contributed by atoms with Crippen LogP contribution >= 0.6 is 11.6 Å². The van der Waals surface area contributed by atoms with Crippen LogP contribution in [-0.2, 0) is 10.1 Å². The highest BCUT2D eigenvalue weighted by atomic mass is 35.5. The zero-order valence-corrected chi connectivity index (χ0v) is 11.4. The van der Waals surface area contributed by atoms with Gasteiger partial charge >= 0.3 is 15.6 Å². The van der Waals surface area contributed by atoms with Gasteiger partial charge in [0.2, 0.25) is 0 Å². The van der Waals surface area contributed by atoms with E-state index >= 15 is 0 Å². The summed E-state index contributed by atoms with van der Waals surface area (Å²) in [6.07, 6.45) is 0. The lowest BCUT2D eigenvalue weighted by atomic mass is 10.2. The van der Waals surface area contributed by atoms with Crippen molar-refractivity contribution in [1.29, 1.82) is 0 Å². The van der Waals surface area contributed by atoms with Gasteiger partial charge in [0.25, 0.3) is 0 Å². The van der Waals surface area contributed by atoms with Gasteiger partial charge in [-0.1, -0.05) is 31.5 Å². The molecule has 0 amide bonds. The van der Waals surface area contributed by atoms with Crippen LogP contribution in [0, 0.1) is 6.92 Å². The minimum atomic E-state index is -5.67. The van der Waals surface area contributed by atoms with Crippen LogP contribution in [0.2, 0.25) is 5.02 Å². The van der Waals surface area contributed by atoms with Gasteiger partial charge in [-0.15, -0.1) is 0 Å². The summed E-state index contributed by atoms with van der Waals surface area (Å²) in [5.41, 5.74) is -4.80. The number of rotatable bonds is 2. The predicted octanol–water partition coefficient (Wildman–Crippen LogP) is 3.90. The van der Waals surface area contributed by atoms with Crippen molar-refractivity contribution in [2.24, 2.45) is 0 Å². The minimum absolute atomic E-state index is 0.201. The van der Waals surface area contributed by atoms with Gasteiger partial charge in [0.05, 0.1) is 5.02 Å². The van der Waals surface area contributed by atoms with Crippen molar-refractivity contribution < 1.29 is 25.8 Å². The van der Waals surface area contributed by atoms with Crippen LogP contribution in [0.5, 0.6) is 5.75 Å². The molecule has 0 unspecified atom stereocenters. The minimum Gasteiger partial charge on any atom is -0.374 e. The molecular formula is C10H12ClF3O3S. The summed E-state index contributed by atoms with van der Waals surface area (Å²) in [6, 6.07) is 3.73. The van der Waals surface area contributed by atoms with Crippen molar-refractivity contribution in [2.45, 2.75) is 26.3 Å². The van der Waals surface area contributed by atoms with Gasteiger partial charge in [0.15, 0.2) is 5.75 Å². The third-order valence-electron chi connectivity index (χ3n) is 1.57. The molecule has 3 nitrogen and oxygen atoms in total. The Morgan fingerprint density at radius 1 is 1.22 bits per heavy atom. The van der Waals surface area contributed by atoms with Gasteiger partial charge in [-0.3, -0.25) is 0 Å². The first-order valence-corrected chi connectivity index (χ1v) is 6.69. The summed E-state index contributed by atoms with van der Waals surface area (Å²) in [5.74, 6) is -0.551. The van der Waals surface area contributed by atoms with Crippen LogP contribution in [0.4, 0.5) is 13.2 Å². The summed E-state index contributed by atoms with van der Waals surface area (Å²) in [6.45, 7) is 5.65. The van der Waals surface area contributed by atoms with Crippen LogP contribution in [0.15, 0.2) is 18.2 Å². The summed E-state index contributed by atoms with van der Waals surface area (Å²) in [7, 11) is -5.67. The quantitative estimate of drug-likeness (QED) is 0.615. The van der Waals surface area contributed by atoms with E-state index < -0.39 is 21.4 Å². The molecular weight excluding hydrogens is 293 g/mol. The van der Waals surface area contributed by atoms with Crippen molar-refractivity contribution >= 4 is 21.7 Å². The largest absolute Gasteiger partial charge is 0.534 e. The van der Waals surface area contributed by atoms with Crippen molar-refractivity contribution in [1.82, 2.24) is 0 Å². The van der Waals surface area contributed by atoms with Gasteiger partial charge in [-0.2, -0.15) is 21.6 Å². The highest BCUT2D eigenvalue weighted by Crippen LogP contribution is 2.31. The van der Waals surface area contributed by atoms with Crippen molar-refractivity contribution in [3.05, 3.63) is 28.8 Å². The number of hydrogen-bond donors (Lipinski definition) is 0. The van der Waals surface area contributed by atoms with Crippen LogP contribution in [0.3, 0.4) is 0 Å². The number of aryl methyl sites for hydroxylation is 1. The molecule has 0 fully saturated rings. The van der Waals surface area contributed by atoms with Crippen LogP contribution < -0.4 is 4.18 Å². The van der Waals surface area contributed by atoms with Gasteiger partial charge in [-0.05, 0) is 24.6 Å². The highest BCUT2D eigenvalue weighted by Gasteiger charge is 2.48. The summed E-state index contributed by atoms with van der Waals surface area (Å²) >= 11 is 5.53. The fraction of sp³-hybridized carbons (Fsp3) is 0.400. The predicted molar refractivity (Wildman–Crippen MR) is 63.1 cm³/mol. The maximum atomic E-state index is 12.0. The zero-order chi connectivity index (χ0) is 14.6. The van der Waals surface area contributed by atoms with Crippen molar-refractivity contribution in [3.8, 4) is 5.75 Å². The third-order valence-corrected chi connectivity index (χ3v) is 2.83. The molecule has 0 aliphatic heterocycles. The van der Waals surface area contributed by atoms with E-state index in [0.29, 0.717) is 5.56 Å². The van der Waals surface area contributed by atoms with E-state index in [-0.39, 0.29) is 5.02 Å². The Balaban J connectivity index is 0.00000137. The molecule has 0 N–H and O–H groups in total. The standard InChI is InChI=1S/C8H6ClF3O3S.C2H6/c1-5-2-3-7(6(9)4-5)15-16(13,14)8(10,11)12;1-2/h2-4H,1H3;1-2H3. The molecule has 0 saturated carbocycles. The van der Waals surface area contributed by atoms with E-state index in [0.717, 1.165) is 6.07 Å². The average Bonchev–Trinajstić information content (AvgIpc) is 2.23. The lowest BCUT2D eigenvalue weighted by molar-refractivity contribution is -0.0500. The Labute approximate surface area is 109 Å². The van der Waals surface area contributed by atoms with E-state index in [1.807, 2.05) is 13.8 Å². The maximum Gasteiger partial charge on any atom is 0.534 e. The van der Waals surface area contributed by atoms with Crippen molar-refractivity contribution in [2.75, 3.05) is 0 Å². The fourth-order valence-corrected chi connectivity index (χ4v) is 1.63. The fourth-order valence-electron chi connectivity index (χ4n) is 0.839. The van der Waals surface area contributed by atoms with E-state index in [1.165, 1.54) is 12.1 Å². The van der Waals surface area contributed by atoms with Crippen molar-refractivity contribution in [3.63, 3.8) is 0 Å². The lowest BCUT2D eigenvalue weighted by Gasteiger charge is -2.10. The highest BCUT2D eigenvalue weighted by molar-refractivity contribution is 7.88. The van der Waals surface area contributed by atoms with Crippen LogP contribution in [0.1, 0.15) is 19.4 Å². The molecule has 0 aromatic heterocycles. The molecule has 0 atom stereocenters. The number of hydrogen-bond acceptors (Lipinski definition) is 3. The summed E-state index contributed by atoms with van der Waals surface area (Å²) in [5, 5.41) is -0.201. The van der Waals surface area contributed by atoms with Gasteiger partial charge in [0.1, 0.15) is 0 Å². The Morgan fingerprint density at radius 2 is 1.72 bits per heavy atom. The molecule has 104 valence electrons. The molecule has 18 heavy (non-hydrogen) atoms. The molecule has 0 radical (unpaired) electrons. The second kappa shape index (κ2) is 6.29. The molecule has 0 saturated heterocycles. The molecule has 0 aliphatic carbocycles. The molecule has 1 aromatic rings. The molecule has 0 aliphatic rings. The smallest absolute Gasteiger partial charge is 0.374 e. The molecule has 1 rings (SSSR count). The number of benzene rings is 1. The number of halogens is 4. The Hall–Kier alpha value is -0.950. The Kier molecular flexibility index (Phi) is 5.95. The first kappa shape index (κ1) is 17.1. The second-order valence-corrected chi connectivity index (χ2v) is 4.86. The van der Waals surface area contributed by atoms with Gasteiger partial charge in [-0.25, -0.2) is 0 Å². The molecule has 0 spiro atoms. The Bertz CT molecular complexity index is 498. The van der Waals surface area contributed by atoms with E-state index in [4.69, 9.17) is 11.6 Å². The first-order chi connectivity index (χ1) is 8.13. The molecule has 0 bridgehead atoms. The van der Waals surface area contributed by atoms with E-state index in [9.17, 15) is 21.6 Å². The normalized spacial score (nSPS) is 11.5. The average molecular weight is 305 g/mol. The molecule has 0 heterocycles. The monoisotopic (exact) mass is 304 g/mol. The van der Waals surface area contributed by atoms with Crippen LogP contribution in [-0.4, -0.2) is 13.9 Å². The number of alkyl halides is 3. The SMILES string of the molecule is CC.Cc1ccc(OS(=O)(=O)C(F)(F)F)c(Cl)c1. The first-order valence-electron chi connectivity index (χ1n) is 4.90. The summed E-state index contributed by atoms with van der Waals surface area (Å²) in [4.78, 5) is 0. The van der Waals surface area contributed by atoms with Crippen LogP contribution in [0.25, 0.3) is 0 Å². The molecule has 1 aromatic carbocycles. The molecule has 8 heteroatoms. The maximum absolute atomic E-state index is 12.0. The van der Waals surface area contributed by atoms with E-state index in [1.54, 1.807) is 6.92 Å². The third kappa shape index (κ3) is 4.38. The van der Waals surface area contributed by atoms with Gasteiger partial charge < -0.3 is 4.18 Å². The Morgan fingerprint density at radius 3 is 2.11 bits per heavy atom. The zero-order valence-electron chi connectivity index (χ0n) is 9.88.